The second kappa shape index (κ2) is 21.5. The van der Waals surface area contributed by atoms with Crippen LogP contribution in [0.4, 0.5) is 0 Å². The highest BCUT2D eigenvalue weighted by atomic mass is 32.2. The molecule has 3 aromatic rings. The highest BCUT2D eigenvalue weighted by Gasteiger charge is 2.36. The van der Waals surface area contributed by atoms with Gasteiger partial charge in [-0.1, -0.05) is 30.3 Å². The number of rotatable bonds is 16. The van der Waals surface area contributed by atoms with Crippen LogP contribution in [0.5, 0.6) is 11.5 Å². The zero-order chi connectivity index (χ0) is 45.0. The van der Waals surface area contributed by atoms with Gasteiger partial charge in [-0.15, -0.1) is 0 Å². The predicted molar refractivity (Wildman–Crippen MR) is 226 cm³/mol. The van der Waals surface area contributed by atoms with Gasteiger partial charge in [-0.25, -0.2) is 9.86 Å². The number of likely N-dealkylation sites (N-methyl/N-ethyl adjacent to an activating group) is 1. The summed E-state index contributed by atoms with van der Waals surface area (Å²) < 4.78 is 36.7. The Balaban J connectivity index is 1.87. The van der Waals surface area contributed by atoms with Gasteiger partial charge in [0.1, 0.15) is 42.8 Å². The van der Waals surface area contributed by atoms with Crippen LogP contribution < -0.4 is 52.5 Å². The van der Waals surface area contributed by atoms with Crippen molar-refractivity contribution in [3.05, 3.63) is 82.9 Å². The second-order valence-corrected chi connectivity index (χ2v) is 16.0. The van der Waals surface area contributed by atoms with Gasteiger partial charge in [0.15, 0.2) is 5.78 Å². The third-order valence-corrected chi connectivity index (χ3v) is 10.5. The maximum atomic E-state index is 14.5. The molecule has 0 saturated carbocycles. The van der Waals surface area contributed by atoms with E-state index in [0.29, 0.717) is 44.9 Å². The van der Waals surface area contributed by atoms with Crippen molar-refractivity contribution in [3.63, 3.8) is 0 Å². The lowest BCUT2D eigenvalue weighted by atomic mass is 9.88. The molecule has 4 rings (SSSR count). The number of aryl methyl sites for hydroxylation is 1. The van der Waals surface area contributed by atoms with E-state index in [1.807, 2.05) is 0 Å². The van der Waals surface area contributed by atoms with E-state index in [2.05, 4.69) is 16.0 Å². The highest BCUT2D eigenvalue weighted by molar-refractivity contribution is 7.87. The monoisotopic (exact) mass is 865 g/mol. The molecule has 4 bridgehead atoms. The van der Waals surface area contributed by atoms with Crippen molar-refractivity contribution >= 4 is 45.5 Å². The van der Waals surface area contributed by atoms with Crippen molar-refractivity contribution in [2.24, 2.45) is 28.3 Å². The molecule has 0 saturated heterocycles. The molecule has 1 aliphatic rings. The summed E-state index contributed by atoms with van der Waals surface area (Å²) in [5.74, 6) is -4.83. The van der Waals surface area contributed by atoms with Crippen molar-refractivity contribution in [3.8, 4) is 22.6 Å². The van der Waals surface area contributed by atoms with Crippen molar-refractivity contribution in [2.45, 2.75) is 64.2 Å². The maximum Gasteiger partial charge on any atom is 0.298 e. The van der Waals surface area contributed by atoms with Gasteiger partial charge in [0.25, 0.3) is 22.0 Å². The lowest BCUT2D eigenvalue weighted by molar-refractivity contribution is -0.141. The van der Waals surface area contributed by atoms with Crippen molar-refractivity contribution < 1.29 is 46.7 Å². The van der Waals surface area contributed by atoms with Gasteiger partial charge < -0.3 is 47.5 Å². The van der Waals surface area contributed by atoms with Gasteiger partial charge in [0, 0.05) is 49.2 Å². The van der Waals surface area contributed by atoms with Crippen molar-refractivity contribution in [1.29, 1.82) is 0 Å². The summed E-state index contributed by atoms with van der Waals surface area (Å²) in [5.41, 5.74) is 20.3. The number of ether oxygens (including phenoxy) is 2. The Morgan fingerprint density at radius 3 is 2.11 bits per heavy atom. The number of ketones is 1. The van der Waals surface area contributed by atoms with Gasteiger partial charge in [0.2, 0.25) is 17.7 Å². The second-order valence-electron chi connectivity index (χ2n) is 14.7. The molecule has 0 aromatic heterocycles. The normalized spacial score (nSPS) is 17.7. The molecule has 5 amide bonds. The fourth-order valence-corrected chi connectivity index (χ4v) is 7.26. The van der Waals surface area contributed by atoms with Crippen LogP contribution in [0.15, 0.2) is 60.7 Å². The molecule has 330 valence electrons. The molecule has 61 heavy (non-hydrogen) atoms. The van der Waals surface area contributed by atoms with E-state index in [4.69, 9.17) is 31.8 Å². The topological polar surface area (TPSA) is 310 Å². The van der Waals surface area contributed by atoms with Crippen LogP contribution in [0.1, 0.15) is 59.8 Å². The number of nitrogens with one attached hydrogen (secondary N) is 4. The molecule has 0 spiro atoms. The number of nitrogens with two attached hydrogens (primary N) is 4. The standard InChI is InChI=1S/C41H55N9O10S/c1-23-7-5-6-8-29(23)39(54)48-32(13-14-42)41(56)50(4)36-27-10-12-35(60-18-16-44)31(21-27)30-20-26(9-11-34(30)59-17-15-43)19-28(22-33(51)24(2)46-40(36)55)38(53)47-25(3)37(52)49-61(45,57)58/h5-12,20-21,24-25,28,32,36H,13-19,22,42-44H2,1-4H3,(H,46,55)(H,47,53)(H,48,54)(H,49,52)(H2,45,57,58)/t24-,25-,28+,32-,36-/m0/s1. The highest BCUT2D eigenvalue weighted by Crippen LogP contribution is 2.40. The number of hydrogen-bond donors (Lipinski definition) is 8. The van der Waals surface area contributed by atoms with E-state index in [-0.39, 0.29) is 45.7 Å². The van der Waals surface area contributed by atoms with Gasteiger partial charge in [-0.05, 0) is 87.2 Å². The largest absolute Gasteiger partial charge is 0.492 e. The summed E-state index contributed by atoms with van der Waals surface area (Å²) in [6, 6.07) is 11.6. The Bertz CT molecular complexity index is 2220. The zero-order valence-corrected chi connectivity index (χ0v) is 35.4. The molecule has 1 aliphatic heterocycles. The SMILES string of the molecule is Cc1ccccc1C(=O)N[C@@H](CCN)C(=O)N(C)[C@@H]1C(=O)N[C@@H](C)C(=O)C[C@H](C(=O)N[C@@H](C)C(=O)NS(N)(=O)=O)Cc2ccc(OCCN)c(c2)-c2cc1ccc2OCCN. The first-order chi connectivity index (χ1) is 28.9. The minimum absolute atomic E-state index is 0.0181. The number of benzene rings is 3. The summed E-state index contributed by atoms with van der Waals surface area (Å²) in [6.07, 6.45) is -0.459. The number of fused-ring (bicyclic) bond motifs is 5. The number of amides is 5. The van der Waals surface area contributed by atoms with Gasteiger partial charge in [-0.2, -0.15) is 8.42 Å². The van der Waals surface area contributed by atoms with E-state index in [1.54, 1.807) is 72.3 Å². The van der Waals surface area contributed by atoms with Gasteiger partial charge in [0.05, 0.1) is 6.04 Å². The zero-order valence-electron chi connectivity index (χ0n) is 34.6. The Kier molecular flexibility index (Phi) is 16.9. The fourth-order valence-electron chi connectivity index (χ4n) is 6.80. The molecule has 3 aromatic carbocycles. The molecule has 20 heteroatoms. The molecule has 5 atom stereocenters. The first kappa shape index (κ1) is 47.7. The minimum Gasteiger partial charge on any atom is -0.492 e. The van der Waals surface area contributed by atoms with Crippen LogP contribution in [-0.2, 0) is 40.6 Å². The third-order valence-electron chi connectivity index (χ3n) is 9.97. The van der Waals surface area contributed by atoms with E-state index in [0.717, 1.165) is 0 Å². The molecule has 19 nitrogen and oxygen atoms in total. The number of Topliss-reactive ketones (excluding diaryl/α,β-unsaturated/α-hetero) is 1. The smallest absolute Gasteiger partial charge is 0.298 e. The number of nitrogens with zero attached hydrogens (tertiary/aromatic N) is 1. The lowest BCUT2D eigenvalue weighted by Crippen LogP contribution is -2.53. The summed E-state index contributed by atoms with van der Waals surface area (Å²) >= 11 is 0. The van der Waals surface area contributed by atoms with Crippen LogP contribution in [0.25, 0.3) is 11.1 Å². The fraction of sp³-hybridized carbons (Fsp3) is 0.415. The predicted octanol–water partition coefficient (Wildman–Crippen LogP) is -0.555. The molecule has 0 aliphatic carbocycles. The van der Waals surface area contributed by atoms with E-state index < -0.39 is 82.0 Å². The molecule has 0 fully saturated rings. The van der Waals surface area contributed by atoms with Crippen LogP contribution in [-0.4, -0.2) is 107 Å². The number of carbonyl (C=O) groups excluding carboxylic acids is 6. The Morgan fingerprint density at radius 1 is 0.885 bits per heavy atom. The van der Waals surface area contributed by atoms with Crippen LogP contribution in [0, 0.1) is 12.8 Å². The van der Waals surface area contributed by atoms with Crippen molar-refractivity contribution in [1.82, 2.24) is 25.6 Å². The Morgan fingerprint density at radius 2 is 1.51 bits per heavy atom. The summed E-state index contributed by atoms with van der Waals surface area (Å²) in [6.45, 7) is 4.99. The third kappa shape index (κ3) is 12.8. The number of hydrogen-bond acceptors (Lipinski definition) is 13. The van der Waals surface area contributed by atoms with Crippen LogP contribution >= 0.6 is 0 Å². The Hall–Kier alpha value is -5.93. The quantitative estimate of drug-likeness (QED) is 0.0897. The van der Waals surface area contributed by atoms with Gasteiger partial charge >= 0.3 is 0 Å². The maximum absolute atomic E-state index is 14.5. The number of carbonyl (C=O) groups is 6. The molecular formula is C41H55N9O10S. The van der Waals surface area contributed by atoms with Crippen LogP contribution in [0.2, 0.25) is 0 Å². The average molecular weight is 866 g/mol. The first-order valence-electron chi connectivity index (χ1n) is 19.6. The van der Waals surface area contributed by atoms with Gasteiger partial charge in [-0.3, -0.25) is 28.8 Å². The summed E-state index contributed by atoms with van der Waals surface area (Å²) in [4.78, 5) is 83.7. The van der Waals surface area contributed by atoms with E-state index in [9.17, 15) is 37.2 Å². The average Bonchev–Trinajstić information content (AvgIpc) is 3.20. The van der Waals surface area contributed by atoms with E-state index in [1.165, 1.54) is 25.8 Å². The van der Waals surface area contributed by atoms with E-state index >= 15 is 0 Å². The van der Waals surface area contributed by atoms with Crippen LogP contribution in [0.3, 0.4) is 0 Å². The Labute approximate surface area is 354 Å². The molecule has 12 N–H and O–H groups in total. The first-order valence-corrected chi connectivity index (χ1v) is 21.2. The van der Waals surface area contributed by atoms with Crippen molar-refractivity contribution in [2.75, 3.05) is 39.9 Å². The molecule has 1 heterocycles. The lowest BCUT2D eigenvalue weighted by Gasteiger charge is -2.32. The molecule has 0 radical (unpaired) electrons. The minimum atomic E-state index is -4.44. The summed E-state index contributed by atoms with van der Waals surface area (Å²) in [7, 11) is -3.04. The molecule has 0 unspecified atom stereocenters. The molecular weight excluding hydrogens is 811 g/mol. The summed E-state index contributed by atoms with van der Waals surface area (Å²) in [5, 5.41) is 12.9.